The maximum atomic E-state index is 11.4. The molecule has 2 aromatic rings. The number of amides is 1. The van der Waals surface area contributed by atoms with Gasteiger partial charge in [0.05, 0.1) is 17.4 Å². The minimum Gasteiger partial charge on any atom is -0.491 e. The summed E-state index contributed by atoms with van der Waals surface area (Å²) in [5.41, 5.74) is 13.5. The Morgan fingerprint density at radius 3 is 2.38 bits per heavy atom. The van der Waals surface area contributed by atoms with Crippen molar-refractivity contribution < 1.29 is 9.53 Å². The lowest BCUT2D eigenvalue weighted by Crippen LogP contribution is -2.13. The molecule has 5 heteroatoms. The summed E-state index contributed by atoms with van der Waals surface area (Å²) < 4.78 is 5.58. The van der Waals surface area contributed by atoms with E-state index >= 15 is 0 Å². The minimum atomic E-state index is -0.503. The Labute approximate surface area is 123 Å². The molecule has 0 heterocycles. The maximum Gasteiger partial charge on any atom is 0.250 e. The van der Waals surface area contributed by atoms with Gasteiger partial charge in [-0.25, -0.2) is 0 Å². The number of ether oxygens (including phenoxy) is 1. The van der Waals surface area contributed by atoms with Gasteiger partial charge in [0.15, 0.2) is 0 Å². The zero-order valence-electron chi connectivity index (χ0n) is 12.1. The number of anilines is 3. The van der Waals surface area contributed by atoms with Crippen LogP contribution in [0, 0.1) is 0 Å². The van der Waals surface area contributed by atoms with Crippen molar-refractivity contribution in [2.75, 3.05) is 11.1 Å². The number of carbonyl (C=O) groups excluding carboxylic acids is 1. The number of nitrogen functional groups attached to an aromatic ring is 1. The fourth-order valence-electron chi connectivity index (χ4n) is 1.92. The van der Waals surface area contributed by atoms with E-state index in [1.54, 1.807) is 18.2 Å². The molecule has 0 radical (unpaired) electrons. The third-order valence-corrected chi connectivity index (χ3v) is 2.81. The molecule has 0 saturated carbocycles. The molecule has 5 nitrogen and oxygen atoms in total. The van der Waals surface area contributed by atoms with Crippen LogP contribution in [0.4, 0.5) is 17.1 Å². The zero-order chi connectivity index (χ0) is 15.4. The second-order valence-corrected chi connectivity index (χ2v) is 4.99. The standard InChI is InChI=1S/C16H19N3O2/c1-10(2)21-13-6-4-12(5-7-13)19-15-9-11(17)3-8-14(15)16(18)20/h3-10,19H,17H2,1-2H3,(H2,18,20). The van der Waals surface area contributed by atoms with Gasteiger partial charge in [-0.2, -0.15) is 0 Å². The molecule has 0 saturated heterocycles. The van der Waals surface area contributed by atoms with Gasteiger partial charge >= 0.3 is 0 Å². The third kappa shape index (κ3) is 3.89. The van der Waals surface area contributed by atoms with Crippen molar-refractivity contribution in [2.24, 2.45) is 5.73 Å². The van der Waals surface area contributed by atoms with Gasteiger partial charge in [0.2, 0.25) is 0 Å². The molecule has 0 atom stereocenters. The van der Waals surface area contributed by atoms with E-state index in [-0.39, 0.29) is 6.10 Å². The highest BCUT2D eigenvalue weighted by atomic mass is 16.5. The second kappa shape index (κ2) is 6.17. The molecule has 0 aliphatic rings. The number of hydrogen-bond acceptors (Lipinski definition) is 4. The summed E-state index contributed by atoms with van der Waals surface area (Å²) in [6, 6.07) is 12.4. The Morgan fingerprint density at radius 2 is 1.81 bits per heavy atom. The van der Waals surface area contributed by atoms with Crippen LogP contribution in [0.15, 0.2) is 42.5 Å². The number of carbonyl (C=O) groups is 1. The van der Waals surface area contributed by atoms with Crippen molar-refractivity contribution in [1.29, 1.82) is 0 Å². The summed E-state index contributed by atoms with van der Waals surface area (Å²) in [5, 5.41) is 3.14. The van der Waals surface area contributed by atoms with Crippen molar-refractivity contribution in [1.82, 2.24) is 0 Å². The summed E-state index contributed by atoms with van der Waals surface area (Å²) >= 11 is 0. The van der Waals surface area contributed by atoms with Gasteiger partial charge in [0.25, 0.3) is 5.91 Å². The van der Waals surface area contributed by atoms with Crippen LogP contribution in [0.3, 0.4) is 0 Å². The Bertz CT molecular complexity index is 636. The maximum absolute atomic E-state index is 11.4. The molecule has 0 aromatic heterocycles. The highest BCUT2D eigenvalue weighted by molar-refractivity contribution is 5.99. The number of nitrogens with one attached hydrogen (secondary N) is 1. The molecular weight excluding hydrogens is 266 g/mol. The lowest BCUT2D eigenvalue weighted by Gasteiger charge is -2.13. The molecule has 21 heavy (non-hydrogen) atoms. The quantitative estimate of drug-likeness (QED) is 0.737. The van der Waals surface area contributed by atoms with Crippen LogP contribution in [-0.2, 0) is 0 Å². The van der Waals surface area contributed by atoms with Gasteiger partial charge in [-0.15, -0.1) is 0 Å². The van der Waals surface area contributed by atoms with E-state index in [2.05, 4.69) is 5.32 Å². The largest absolute Gasteiger partial charge is 0.491 e. The first kappa shape index (κ1) is 14.7. The average molecular weight is 285 g/mol. The fraction of sp³-hybridized carbons (Fsp3) is 0.188. The van der Waals surface area contributed by atoms with Crippen LogP contribution in [0.2, 0.25) is 0 Å². The van der Waals surface area contributed by atoms with Crippen LogP contribution in [0.5, 0.6) is 5.75 Å². The molecule has 2 aromatic carbocycles. The van der Waals surface area contributed by atoms with Crippen molar-refractivity contribution in [3.8, 4) is 5.75 Å². The summed E-state index contributed by atoms with van der Waals surface area (Å²) in [6.45, 7) is 3.94. The molecule has 110 valence electrons. The predicted molar refractivity (Wildman–Crippen MR) is 84.9 cm³/mol. The van der Waals surface area contributed by atoms with Crippen molar-refractivity contribution in [3.05, 3.63) is 48.0 Å². The van der Waals surface area contributed by atoms with Crippen molar-refractivity contribution >= 4 is 23.0 Å². The molecule has 0 bridgehead atoms. The second-order valence-electron chi connectivity index (χ2n) is 4.99. The summed E-state index contributed by atoms with van der Waals surface area (Å²) in [5.74, 6) is 0.288. The molecule has 0 aliphatic heterocycles. The summed E-state index contributed by atoms with van der Waals surface area (Å²) in [6.07, 6.45) is 0.124. The molecule has 0 unspecified atom stereocenters. The monoisotopic (exact) mass is 285 g/mol. The highest BCUT2D eigenvalue weighted by Gasteiger charge is 2.09. The predicted octanol–water partition coefficient (Wildman–Crippen LogP) is 2.90. The van der Waals surface area contributed by atoms with Gasteiger partial charge < -0.3 is 21.5 Å². The topological polar surface area (TPSA) is 90.4 Å². The van der Waals surface area contributed by atoms with Gasteiger partial charge in [0.1, 0.15) is 5.75 Å². The smallest absolute Gasteiger partial charge is 0.250 e. The van der Waals surface area contributed by atoms with E-state index in [4.69, 9.17) is 16.2 Å². The Morgan fingerprint density at radius 1 is 1.14 bits per heavy atom. The zero-order valence-corrected chi connectivity index (χ0v) is 12.1. The van der Waals surface area contributed by atoms with E-state index in [0.717, 1.165) is 11.4 Å². The molecule has 1 amide bonds. The van der Waals surface area contributed by atoms with E-state index in [9.17, 15) is 4.79 Å². The van der Waals surface area contributed by atoms with Crippen LogP contribution >= 0.6 is 0 Å². The van der Waals surface area contributed by atoms with Gasteiger partial charge in [0, 0.05) is 11.4 Å². The lowest BCUT2D eigenvalue weighted by molar-refractivity contribution is 0.100. The van der Waals surface area contributed by atoms with Gasteiger partial charge in [-0.1, -0.05) is 0 Å². The van der Waals surface area contributed by atoms with Gasteiger partial charge in [-0.05, 0) is 56.3 Å². The number of primary amides is 1. The lowest BCUT2D eigenvalue weighted by atomic mass is 10.1. The molecule has 0 aliphatic carbocycles. The molecular formula is C16H19N3O2. The first-order valence-electron chi connectivity index (χ1n) is 6.69. The SMILES string of the molecule is CC(C)Oc1ccc(Nc2cc(N)ccc2C(N)=O)cc1. The Hall–Kier alpha value is -2.69. The summed E-state index contributed by atoms with van der Waals surface area (Å²) in [7, 11) is 0. The van der Waals surface area contributed by atoms with Crippen molar-refractivity contribution in [3.63, 3.8) is 0 Å². The number of benzene rings is 2. The Balaban J connectivity index is 2.22. The normalized spacial score (nSPS) is 10.4. The van der Waals surface area contributed by atoms with E-state index in [0.29, 0.717) is 16.9 Å². The molecule has 5 N–H and O–H groups in total. The fourth-order valence-corrected chi connectivity index (χ4v) is 1.92. The van der Waals surface area contributed by atoms with Crippen LogP contribution < -0.4 is 21.5 Å². The van der Waals surface area contributed by atoms with E-state index in [1.807, 2.05) is 38.1 Å². The molecule has 0 fully saturated rings. The third-order valence-electron chi connectivity index (χ3n) is 2.81. The van der Waals surface area contributed by atoms with Crippen LogP contribution in [-0.4, -0.2) is 12.0 Å². The molecule has 0 spiro atoms. The van der Waals surface area contributed by atoms with Crippen LogP contribution in [0.1, 0.15) is 24.2 Å². The molecule has 2 rings (SSSR count). The Kier molecular flexibility index (Phi) is 4.33. The highest BCUT2D eigenvalue weighted by Crippen LogP contribution is 2.25. The number of rotatable bonds is 5. The first-order valence-corrected chi connectivity index (χ1v) is 6.69. The van der Waals surface area contributed by atoms with E-state index in [1.165, 1.54) is 0 Å². The number of nitrogens with two attached hydrogens (primary N) is 2. The summed E-state index contributed by atoms with van der Waals surface area (Å²) in [4.78, 5) is 11.4. The number of hydrogen-bond donors (Lipinski definition) is 3. The van der Waals surface area contributed by atoms with E-state index < -0.39 is 5.91 Å². The van der Waals surface area contributed by atoms with Crippen molar-refractivity contribution in [2.45, 2.75) is 20.0 Å². The first-order chi connectivity index (χ1) is 9.95. The minimum absolute atomic E-state index is 0.124. The van der Waals surface area contributed by atoms with Gasteiger partial charge in [-0.3, -0.25) is 4.79 Å². The van der Waals surface area contributed by atoms with Crippen LogP contribution in [0.25, 0.3) is 0 Å². The average Bonchev–Trinajstić information content (AvgIpc) is 2.40.